The van der Waals surface area contributed by atoms with Crippen LogP contribution < -0.4 is 19.9 Å². The van der Waals surface area contributed by atoms with Crippen LogP contribution in [0.2, 0.25) is 0 Å². The third-order valence-electron chi connectivity index (χ3n) is 12.7. The number of imide groups is 2. The summed E-state index contributed by atoms with van der Waals surface area (Å²) in [4.78, 5) is 85.8. The van der Waals surface area contributed by atoms with Crippen LogP contribution in [0.1, 0.15) is 87.3 Å². The van der Waals surface area contributed by atoms with Gasteiger partial charge in [-0.25, -0.2) is 4.39 Å². The van der Waals surface area contributed by atoms with Gasteiger partial charge in [-0.15, -0.1) is 0 Å². The topological polar surface area (TPSA) is 172 Å². The summed E-state index contributed by atoms with van der Waals surface area (Å²) in [6, 6.07) is 10.8. The normalized spacial score (nSPS) is 24.3. The van der Waals surface area contributed by atoms with Gasteiger partial charge in [-0.3, -0.25) is 48.9 Å². The molecule has 19 heteroatoms. The van der Waals surface area contributed by atoms with Crippen LogP contribution in [-0.2, 0) is 26.0 Å². The highest BCUT2D eigenvalue weighted by atomic mass is 32.2. The zero-order chi connectivity index (χ0) is 42.6. The fraction of sp³-hybridized carbons (Fsp3) is 0.390. The molecule has 312 valence electrons. The van der Waals surface area contributed by atoms with Crippen molar-refractivity contribution in [3.05, 3.63) is 87.7 Å². The Kier molecular flexibility index (Phi) is 9.15. The highest BCUT2D eigenvalue weighted by Gasteiger charge is 2.51. The number of likely N-dealkylation sites (tertiary alicyclic amines) is 2. The van der Waals surface area contributed by atoms with E-state index in [-0.39, 0.29) is 46.2 Å². The van der Waals surface area contributed by atoms with E-state index >= 15 is 4.39 Å². The molecule has 0 radical (unpaired) electrons. The molecule has 9 rings (SSSR count). The first-order valence-electron chi connectivity index (χ1n) is 19.3. The zero-order valence-electron chi connectivity index (χ0n) is 32.2. The van der Waals surface area contributed by atoms with Crippen LogP contribution in [0.25, 0.3) is 0 Å². The average molecular weight is 848 g/mol. The Balaban J connectivity index is 0.831. The van der Waals surface area contributed by atoms with Crippen molar-refractivity contribution in [2.24, 2.45) is 0 Å². The lowest BCUT2D eigenvalue weighted by Crippen LogP contribution is -2.63. The number of amides is 5. The fourth-order valence-corrected chi connectivity index (χ4v) is 11.2. The largest absolute Gasteiger partial charge is 0.492 e. The number of rotatable bonds is 5. The smallest absolute Gasteiger partial charge is 0.417 e. The number of anilines is 1. The molecular formula is C41H37F4N7O7S. The van der Waals surface area contributed by atoms with E-state index < -0.39 is 85.8 Å². The van der Waals surface area contributed by atoms with Crippen molar-refractivity contribution in [2.75, 3.05) is 37.8 Å². The number of benzene rings is 3. The molecule has 1 spiro atoms. The number of hydrogen-bond donors (Lipinski definition) is 3. The molecule has 2 unspecified atom stereocenters. The van der Waals surface area contributed by atoms with Crippen LogP contribution in [0.5, 0.6) is 5.75 Å². The first kappa shape index (κ1) is 39.6. The second kappa shape index (κ2) is 13.9. The minimum atomic E-state index is -4.81. The van der Waals surface area contributed by atoms with Gasteiger partial charge < -0.3 is 9.64 Å². The van der Waals surface area contributed by atoms with Crippen LogP contribution in [0, 0.1) is 17.1 Å². The molecule has 6 aliphatic heterocycles. The molecule has 2 N–H and O–H groups in total. The molecule has 3 aromatic carbocycles. The number of carbonyl (C=O) groups excluding carboxylic acids is 6. The van der Waals surface area contributed by atoms with Crippen molar-refractivity contribution in [1.82, 2.24) is 24.8 Å². The Morgan fingerprint density at radius 1 is 0.967 bits per heavy atom. The predicted molar refractivity (Wildman–Crippen MR) is 205 cm³/mol. The maximum atomic E-state index is 15.7. The Hall–Kier alpha value is -5.84. The third kappa shape index (κ3) is 6.14. The maximum Gasteiger partial charge on any atom is 0.417 e. The van der Waals surface area contributed by atoms with Gasteiger partial charge in [0, 0.05) is 41.4 Å². The maximum absolute atomic E-state index is 15.7. The van der Waals surface area contributed by atoms with Crippen LogP contribution in [0.3, 0.4) is 0 Å². The average Bonchev–Trinajstić information content (AvgIpc) is 3.75. The van der Waals surface area contributed by atoms with E-state index in [0.717, 1.165) is 28.7 Å². The van der Waals surface area contributed by atoms with Gasteiger partial charge in [-0.2, -0.15) is 23.3 Å². The Morgan fingerprint density at radius 2 is 1.67 bits per heavy atom. The number of ether oxygens (including phenoxy) is 1. The fourth-order valence-electron chi connectivity index (χ4n) is 9.09. The van der Waals surface area contributed by atoms with Gasteiger partial charge in [0.1, 0.15) is 23.1 Å². The summed E-state index contributed by atoms with van der Waals surface area (Å²) in [7, 11) is 0. The molecule has 2 atom stereocenters. The third-order valence-corrected chi connectivity index (χ3v) is 14.8. The molecular weight excluding hydrogens is 811 g/mol. The van der Waals surface area contributed by atoms with Crippen LogP contribution in [-0.4, -0.2) is 99.8 Å². The minimum absolute atomic E-state index is 0.0215. The minimum Gasteiger partial charge on any atom is -0.492 e. The Labute approximate surface area is 342 Å². The van der Waals surface area contributed by atoms with Crippen molar-refractivity contribution >= 4 is 51.4 Å². The van der Waals surface area contributed by atoms with Crippen LogP contribution in [0.4, 0.5) is 23.2 Å². The summed E-state index contributed by atoms with van der Waals surface area (Å²) >= 11 is -2.04. The molecule has 0 aliphatic carbocycles. The number of thiol groups is 1. The van der Waals surface area contributed by atoms with E-state index in [9.17, 15) is 47.2 Å². The number of carbonyl (C=O) groups is 6. The van der Waals surface area contributed by atoms with Gasteiger partial charge >= 0.3 is 6.18 Å². The highest BCUT2D eigenvalue weighted by Crippen LogP contribution is 2.50. The number of nitrogens with one attached hydrogen (secondary N) is 2. The first-order valence-corrected chi connectivity index (χ1v) is 20.6. The SMILES string of the molecule is CC1(C)C(=O)[SH](c2ccc(C#N)c(C(F)(F)F)c2)NN1c1ccc(C(=O)N2CC(N3CCC4(CC3)COc3cc5c(cc34)C(=O)N(C3CCC(=O)NC3=O)C5=O)C2)c(F)c1. The molecule has 0 bridgehead atoms. The molecule has 5 amide bonds. The van der Waals surface area contributed by atoms with E-state index in [2.05, 4.69) is 15.0 Å². The van der Waals surface area contributed by atoms with E-state index in [0.29, 0.717) is 51.4 Å². The standard InChI is InChI=1S/C41H37F4N7O7S/c1-39(2)38(58)60(24-5-3-21(17-46)28(14-24)41(43,44)45)48-52(39)22-4-6-25(30(42)13-22)35(55)50-18-23(19-50)49-11-9-40(10-12-49)20-59-32-16-27-26(15-29(32)40)36(56)51(37(27)57)31-7-8-33(53)47-34(31)54/h3-6,13-16,23,31,48,60H,7-12,18-20H2,1-2H3,(H,47,53,54). The summed E-state index contributed by atoms with van der Waals surface area (Å²) in [6.07, 6.45) is -3.38. The molecule has 6 heterocycles. The van der Waals surface area contributed by atoms with Crippen molar-refractivity contribution in [3.63, 3.8) is 0 Å². The summed E-state index contributed by atoms with van der Waals surface area (Å²) in [5.74, 6) is -3.13. The predicted octanol–water partition coefficient (Wildman–Crippen LogP) is 3.97. The van der Waals surface area contributed by atoms with Crippen LogP contribution >= 0.6 is 11.1 Å². The van der Waals surface area contributed by atoms with Gasteiger partial charge in [0.2, 0.25) is 16.9 Å². The molecule has 4 saturated heterocycles. The van der Waals surface area contributed by atoms with Gasteiger partial charge in [0.05, 0.1) is 46.2 Å². The molecule has 3 aromatic rings. The number of nitrogens with zero attached hydrogens (tertiary/aromatic N) is 5. The molecule has 0 aromatic heterocycles. The second-order valence-electron chi connectivity index (χ2n) is 16.4. The zero-order valence-corrected chi connectivity index (χ0v) is 33.1. The number of hydrazine groups is 1. The summed E-state index contributed by atoms with van der Waals surface area (Å²) in [5.41, 5.74) is -2.20. The number of hydrogen-bond acceptors (Lipinski definition) is 11. The molecule has 6 aliphatic rings. The van der Waals surface area contributed by atoms with E-state index in [1.165, 1.54) is 29.3 Å². The Morgan fingerprint density at radius 3 is 2.32 bits per heavy atom. The van der Waals surface area contributed by atoms with Crippen molar-refractivity contribution < 1.29 is 51.1 Å². The highest BCUT2D eigenvalue weighted by molar-refractivity contribution is 8.28. The summed E-state index contributed by atoms with van der Waals surface area (Å²) in [5, 5.41) is 12.4. The van der Waals surface area contributed by atoms with Gasteiger partial charge in [0.25, 0.3) is 17.7 Å². The quantitative estimate of drug-likeness (QED) is 0.193. The number of nitriles is 1. The van der Waals surface area contributed by atoms with Gasteiger partial charge in [-0.05, 0) is 94.7 Å². The molecule has 4 fully saturated rings. The van der Waals surface area contributed by atoms with E-state index in [1.54, 1.807) is 30.9 Å². The monoisotopic (exact) mass is 847 g/mol. The van der Waals surface area contributed by atoms with Crippen molar-refractivity contribution in [3.8, 4) is 11.8 Å². The number of halogens is 4. The lowest BCUT2D eigenvalue weighted by Gasteiger charge is -2.49. The molecule has 0 saturated carbocycles. The lowest BCUT2D eigenvalue weighted by atomic mass is 9.73. The van der Waals surface area contributed by atoms with E-state index in [1.807, 2.05) is 0 Å². The lowest BCUT2D eigenvalue weighted by molar-refractivity contribution is -0.138. The number of piperidine rings is 2. The van der Waals surface area contributed by atoms with Gasteiger partial charge in [-0.1, -0.05) is 11.1 Å². The Bertz CT molecular complexity index is 2490. The first-order chi connectivity index (χ1) is 28.4. The summed E-state index contributed by atoms with van der Waals surface area (Å²) < 4.78 is 62.9. The van der Waals surface area contributed by atoms with E-state index in [4.69, 9.17) is 4.74 Å². The molecule has 14 nitrogen and oxygen atoms in total. The summed E-state index contributed by atoms with van der Waals surface area (Å²) in [6.45, 7) is 5.54. The second-order valence-corrected chi connectivity index (χ2v) is 18.2. The van der Waals surface area contributed by atoms with Gasteiger partial charge in [0.15, 0.2) is 0 Å². The number of alkyl halides is 3. The van der Waals surface area contributed by atoms with Crippen molar-refractivity contribution in [1.29, 1.82) is 5.26 Å². The molecule has 60 heavy (non-hydrogen) atoms. The van der Waals surface area contributed by atoms with Crippen LogP contribution in [0.15, 0.2) is 53.4 Å². The number of fused-ring (bicyclic) bond motifs is 3. The van der Waals surface area contributed by atoms with Crippen molar-refractivity contribution in [2.45, 2.75) is 73.6 Å².